The zero-order chi connectivity index (χ0) is 21.6. The second kappa shape index (κ2) is 9.74. The van der Waals surface area contributed by atoms with E-state index in [2.05, 4.69) is 66.5 Å². The van der Waals surface area contributed by atoms with Crippen LogP contribution in [0.4, 0.5) is 0 Å². The number of rotatable bonds is 8. The molecule has 0 aliphatic carbocycles. The van der Waals surface area contributed by atoms with Gasteiger partial charge in [-0.05, 0) is 73.3 Å². The van der Waals surface area contributed by atoms with E-state index in [-0.39, 0.29) is 5.84 Å². The fraction of sp³-hybridized carbons (Fsp3) is 0.286. The molecule has 1 heterocycles. The van der Waals surface area contributed by atoms with Gasteiger partial charge in [-0.1, -0.05) is 72.3 Å². The molecule has 0 spiro atoms. The minimum Gasteiger partial charge on any atom is -0.384 e. The Balaban J connectivity index is 1.35. The minimum atomic E-state index is 0.122. The monoisotopic (exact) mass is 409 g/mol. The lowest BCUT2D eigenvalue weighted by atomic mass is 9.96. The fourth-order valence-electron chi connectivity index (χ4n) is 4.30. The van der Waals surface area contributed by atoms with Gasteiger partial charge in [0.2, 0.25) is 0 Å². The van der Waals surface area contributed by atoms with Crippen molar-refractivity contribution in [2.75, 3.05) is 6.54 Å². The molecule has 3 aromatic carbocycles. The number of aryl methyl sites for hydroxylation is 5. The van der Waals surface area contributed by atoms with Crippen LogP contribution in [0.1, 0.15) is 51.8 Å². The van der Waals surface area contributed by atoms with Crippen LogP contribution in [0.25, 0.3) is 0 Å². The Labute approximate surface area is 185 Å². The van der Waals surface area contributed by atoms with Gasteiger partial charge in [0.15, 0.2) is 0 Å². The van der Waals surface area contributed by atoms with Crippen LogP contribution in [0.15, 0.2) is 71.7 Å². The third-order valence-electron chi connectivity index (χ3n) is 6.03. The molecule has 3 nitrogen and oxygen atoms in total. The molecule has 0 saturated carbocycles. The molecule has 3 N–H and O–H groups in total. The molecule has 3 aromatic rings. The first-order valence-electron chi connectivity index (χ1n) is 11.2. The summed E-state index contributed by atoms with van der Waals surface area (Å²) in [4.78, 5) is 4.60. The number of nitrogens with zero attached hydrogens (tertiary/aromatic N) is 1. The minimum absolute atomic E-state index is 0.122. The molecule has 158 valence electrons. The van der Waals surface area contributed by atoms with E-state index in [1.54, 1.807) is 0 Å². The van der Waals surface area contributed by atoms with E-state index in [0.717, 1.165) is 44.2 Å². The van der Waals surface area contributed by atoms with Gasteiger partial charge in [-0.25, -0.2) is 0 Å². The molecule has 0 atom stereocenters. The lowest BCUT2D eigenvalue weighted by Gasteiger charge is -2.09. The van der Waals surface area contributed by atoms with Crippen LogP contribution in [0.3, 0.4) is 0 Å². The molecule has 3 heteroatoms. The van der Waals surface area contributed by atoms with E-state index in [1.807, 2.05) is 12.1 Å². The number of nitrogen functional groups attached to an aromatic ring is 1. The van der Waals surface area contributed by atoms with E-state index in [9.17, 15) is 0 Å². The maximum atomic E-state index is 7.51. The Morgan fingerprint density at radius 1 is 0.806 bits per heavy atom. The van der Waals surface area contributed by atoms with Gasteiger partial charge in [0.1, 0.15) is 5.84 Å². The Morgan fingerprint density at radius 2 is 1.35 bits per heavy atom. The molecule has 0 bridgehead atoms. The number of hydrogen-bond acceptors (Lipinski definition) is 2. The normalized spacial score (nSPS) is 13.3. The van der Waals surface area contributed by atoms with Crippen molar-refractivity contribution < 1.29 is 0 Å². The lowest BCUT2D eigenvalue weighted by Crippen LogP contribution is -2.10. The van der Waals surface area contributed by atoms with Crippen molar-refractivity contribution in [3.63, 3.8) is 0 Å². The van der Waals surface area contributed by atoms with Gasteiger partial charge in [0.25, 0.3) is 0 Å². The number of nitrogens with two attached hydrogens (primary N) is 1. The Kier molecular flexibility index (Phi) is 6.61. The van der Waals surface area contributed by atoms with Crippen LogP contribution in [-0.4, -0.2) is 18.1 Å². The molecular weight excluding hydrogens is 378 g/mol. The topological polar surface area (TPSA) is 62.2 Å². The van der Waals surface area contributed by atoms with Gasteiger partial charge >= 0.3 is 0 Å². The Morgan fingerprint density at radius 3 is 1.87 bits per heavy atom. The Hall–Kier alpha value is -3.20. The number of aliphatic imine (C=N–C) groups is 1. The summed E-state index contributed by atoms with van der Waals surface area (Å²) < 4.78 is 0. The number of amidine groups is 1. The van der Waals surface area contributed by atoms with E-state index in [0.29, 0.717) is 0 Å². The predicted octanol–water partition coefficient (Wildman–Crippen LogP) is 5.43. The molecule has 0 amide bonds. The quantitative estimate of drug-likeness (QED) is 0.378. The van der Waals surface area contributed by atoms with Crippen LogP contribution in [0.5, 0.6) is 0 Å². The highest BCUT2D eigenvalue weighted by Gasteiger charge is 2.08. The number of nitrogens with one attached hydrogen (secondary N) is 1. The summed E-state index contributed by atoms with van der Waals surface area (Å²) in [5, 5.41) is 7.51. The second-order valence-electron chi connectivity index (χ2n) is 8.57. The average Bonchev–Trinajstić information content (AvgIpc) is 3.32. The van der Waals surface area contributed by atoms with Crippen LogP contribution in [-0.2, 0) is 25.7 Å². The third kappa shape index (κ3) is 5.69. The summed E-state index contributed by atoms with van der Waals surface area (Å²) in [6.45, 7) is 3.17. The first-order chi connectivity index (χ1) is 15.1. The van der Waals surface area contributed by atoms with Crippen LogP contribution >= 0.6 is 0 Å². The van der Waals surface area contributed by atoms with Gasteiger partial charge < -0.3 is 5.73 Å². The summed E-state index contributed by atoms with van der Waals surface area (Å²) >= 11 is 0. The first kappa shape index (κ1) is 21.0. The molecule has 1 aliphatic heterocycles. The van der Waals surface area contributed by atoms with Crippen molar-refractivity contribution in [3.8, 4) is 0 Å². The largest absolute Gasteiger partial charge is 0.384 e. The summed E-state index contributed by atoms with van der Waals surface area (Å²) in [6, 6.07) is 24.0. The number of hydrogen-bond donors (Lipinski definition) is 2. The first-order valence-corrected chi connectivity index (χ1v) is 11.2. The standard InChI is InChI=1S/C28H31N3/c1-20-17-23(6-4-21-8-12-25(13-9-21)27-3-2-16-31-27)19-24(18-20)7-5-22-10-14-26(15-11-22)28(29)30/h8-15,17-19H,2-7,16H2,1H3,(H3,29,30). The molecule has 0 saturated heterocycles. The molecule has 0 aromatic heterocycles. The summed E-state index contributed by atoms with van der Waals surface area (Å²) in [6.07, 6.45) is 6.44. The SMILES string of the molecule is Cc1cc(CCc2ccc(C(=N)N)cc2)cc(CCc2ccc(C3=NCCC3)cc2)c1. The molecule has 4 rings (SSSR count). The average molecular weight is 410 g/mol. The molecule has 31 heavy (non-hydrogen) atoms. The lowest BCUT2D eigenvalue weighted by molar-refractivity contribution is 0.926. The predicted molar refractivity (Wildman–Crippen MR) is 131 cm³/mol. The summed E-state index contributed by atoms with van der Waals surface area (Å²) in [5.74, 6) is 0.122. The summed E-state index contributed by atoms with van der Waals surface area (Å²) in [7, 11) is 0. The number of benzene rings is 3. The highest BCUT2D eigenvalue weighted by atomic mass is 14.8. The van der Waals surface area contributed by atoms with Gasteiger partial charge in [0, 0.05) is 17.8 Å². The van der Waals surface area contributed by atoms with E-state index < -0.39 is 0 Å². The van der Waals surface area contributed by atoms with Crippen molar-refractivity contribution in [1.82, 2.24) is 0 Å². The van der Waals surface area contributed by atoms with Gasteiger partial charge in [-0.15, -0.1) is 0 Å². The smallest absolute Gasteiger partial charge is 0.122 e. The fourth-order valence-corrected chi connectivity index (χ4v) is 4.30. The molecule has 0 unspecified atom stereocenters. The van der Waals surface area contributed by atoms with Crippen molar-refractivity contribution in [1.29, 1.82) is 5.41 Å². The highest BCUT2D eigenvalue weighted by molar-refractivity contribution is 6.01. The molecule has 0 fully saturated rings. The zero-order valence-corrected chi connectivity index (χ0v) is 18.3. The van der Waals surface area contributed by atoms with Crippen LogP contribution in [0.2, 0.25) is 0 Å². The molecule has 1 aliphatic rings. The van der Waals surface area contributed by atoms with Gasteiger partial charge in [-0.2, -0.15) is 0 Å². The van der Waals surface area contributed by atoms with Gasteiger partial charge in [0.05, 0.1) is 0 Å². The highest BCUT2D eigenvalue weighted by Crippen LogP contribution is 2.17. The van der Waals surface area contributed by atoms with E-state index in [1.165, 1.54) is 45.5 Å². The molecule has 0 radical (unpaired) electrons. The molecular formula is C28H31N3. The van der Waals surface area contributed by atoms with Gasteiger partial charge in [-0.3, -0.25) is 10.4 Å². The Bertz CT molecular complexity index is 1080. The summed E-state index contributed by atoms with van der Waals surface area (Å²) in [5.41, 5.74) is 15.7. The zero-order valence-electron chi connectivity index (χ0n) is 18.3. The van der Waals surface area contributed by atoms with Crippen LogP contribution in [0, 0.1) is 12.3 Å². The second-order valence-corrected chi connectivity index (χ2v) is 8.57. The van der Waals surface area contributed by atoms with Crippen molar-refractivity contribution in [2.24, 2.45) is 10.7 Å². The van der Waals surface area contributed by atoms with Crippen molar-refractivity contribution in [2.45, 2.75) is 45.4 Å². The third-order valence-corrected chi connectivity index (χ3v) is 6.03. The van der Waals surface area contributed by atoms with E-state index in [4.69, 9.17) is 11.1 Å². The van der Waals surface area contributed by atoms with Crippen molar-refractivity contribution >= 4 is 11.5 Å². The maximum Gasteiger partial charge on any atom is 0.122 e. The van der Waals surface area contributed by atoms with Crippen molar-refractivity contribution in [3.05, 3.63) is 106 Å². The van der Waals surface area contributed by atoms with E-state index >= 15 is 0 Å². The maximum absolute atomic E-state index is 7.51. The van der Waals surface area contributed by atoms with Crippen LogP contribution < -0.4 is 5.73 Å².